The second-order valence-corrected chi connectivity index (χ2v) is 5.69. The third-order valence-electron chi connectivity index (χ3n) is 3.40. The number of Topliss-reactive ketones (excluding diaryl/α,β-unsaturated/α-hetero) is 1. The van der Waals surface area contributed by atoms with E-state index in [0.717, 1.165) is 0 Å². The molecule has 0 aromatic heterocycles. The maximum absolute atomic E-state index is 12.4. The van der Waals surface area contributed by atoms with E-state index in [9.17, 15) is 9.59 Å². The van der Waals surface area contributed by atoms with Crippen LogP contribution in [0.15, 0.2) is 24.3 Å². The number of benzene rings is 1. The number of hydrogen-bond donors (Lipinski definition) is 0. The molecule has 1 saturated heterocycles. The molecule has 1 aliphatic heterocycles. The summed E-state index contributed by atoms with van der Waals surface area (Å²) in [5, 5.41) is 0.530. The molecule has 0 saturated carbocycles. The monoisotopic (exact) mass is 265 g/mol. The van der Waals surface area contributed by atoms with Crippen molar-refractivity contribution in [1.29, 1.82) is 0 Å². The van der Waals surface area contributed by atoms with Gasteiger partial charge in [0.2, 0.25) is 0 Å². The van der Waals surface area contributed by atoms with Gasteiger partial charge in [0, 0.05) is 22.5 Å². The average molecular weight is 266 g/mol. The molecule has 1 aliphatic rings. The van der Waals surface area contributed by atoms with Gasteiger partial charge in [0.1, 0.15) is 0 Å². The molecule has 0 spiro atoms. The SMILES string of the molecule is CC1(C)CCC(=O)CN1C(=O)c1cccc(Cl)c1. The molecule has 1 aromatic rings. The summed E-state index contributed by atoms with van der Waals surface area (Å²) in [6.45, 7) is 4.17. The van der Waals surface area contributed by atoms with E-state index in [-0.39, 0.29) is 23.8 Å². The topological polar surface area (TPSA) is 37.4 Å². The molecule has 0 unspecified atom stereocenters. The number of ketones is 1. The summed E-state index contributed by atoms with van der Waals surface area (Å²) in [6.07, 6.45) is 1.25. The van der Waals surface area contributed by atoms with Crippen LogP contribution in [0.1, 0.15) is 37.0 Å². The maximum Gasteiger partial charge on any atom is 0.254 e. The Morgan fingerprint density at radius 1 is 1.39 bits per heavy atom. The van der Waals surface area contributed by atoms with Gasteiger partial charge >= 0.3 is 0 Å². The number of halogens is 1. The predicted molar refractivity (Wildman–Crippen MR) is 70.8 cm³/mol. The van der Waals surface area contributed by atoms with E-state index < -0.39 is 0 Å². The van der Waals surface area contributed by atoms with Crippen LogP contribution in [-0.2, 0) is 4.79 Å². The Bertz CT molecular complexity index is 496. The number of piperidine rings is 1. The molecule has 96 valence electrons. The smallest absolute Gasteiger partial charge is 0.254 e. The minimum atomic E-state index is -0.284. The lowest BCUT2D eigenvalue weighted by molar-refractivity contribution is -0.124. The lowest BCUT2D eigenvalue weighted by Gasteiger charge is -2.41. The molecule has 2 rings (SSSR count). The Morgan fingerprint density at radius 3 is 2.78 bits per heavy atom. The van der Waals surface area contributed by atoms with Crippen molar-refractivity contribution < 1.29 is 9.59 Å². The summed E-state index contributed by atoms with van der Waals surface area (Å²) in [5.74, 6) is -0.0137. The van der Waals surface area contributed by atoms with Crippen LogP contribution in [0, 0.1) is 0 Å². The van der Waals surface area contributed by atoms with E-state index in [0.29, 0.717) is 23.4 Å². The Balaban J connectivity index is 2.29. The standard InChI is InChI=1S/C14H16ClNO2/c1-14(2)7-6-12(17)9-16(14)13(18)10-4-3-5-11(15)8-10/h3-5,8H,6-7,9H2,1-2H3. The van der Waals surface area contributed by atoms with Gasteiger partial charge < -0.3 is 4.90 Å². The van der Waals surface area contributed by atoms with Gasteiger partial charge in [-0.15, -0.1) is 0 Å². The van der Waals surface area contributed by atoms with Crippen LogP contribution in [0.2, 0.25) is 5.02 Å². The Kier molecular flexibility index (Phi) is 3.44. The van der Waals surface area contributed by atoms with Crippen molar-refractivity contribution in [2.45, 2.75) is 32.2 Å². The lowest BCUT2D eigenvalue weighted by Crippen LogP contribution is -2.53. The Labute approximate surface area is 112 Å². The fourth-order valence-electron chi connectivity index (χ4n) is 2.17. The van der Waals surface area contributed by atoms with Crippen LogP contribution in [0.5, 0.6) is 0 Å². The summed E-state index contributed by atoms with van der Waals surface area (Å²) in [6, 6.07) is 6.83. The van der Waals surface area contributed by atoms with Crippen molar-refractivity contribution in [1.82, 2.24) is 4.90 Å². The molecular formula is C14H16ClNO2. The highest BCUT2D eigenvalue weighted by molar-refractivity contribution is 6.31. The first-order valence-electron chi connectivity index (χ1n) is 5.99. The summed E-state index contributed by atoms with van der Waals surface area (Å²) in [5.41, 5.74) is 0.248. The molecule has 4 heteroatoms. The molecule has 0 atom stereocenters. The minimum Gasteiger partial charge on any atom is -0.326 e. The van der Waals surface area contributed by atoms with Crippen LogP contribution < -0.4 is 0 Å². The van der Waals surface area contributed by atoms with Gasteiger partial charge in [-0.1, -0.05) is 17.7 Å². The molecule has 18 heavy (non-hydrogen) atoms. The second-order valence-electron chi connectivity index (χ2n) is 5.25. The zero-order chi connectivity index (χ0) is 13.3. The van der Waals surface area contributed by atoms with Gasteiger partial charge in [-0.3, -0.25) is 9.59 Å². The van der Waals surface area contributed by atoms with Gasteiger partial charge in [-0.2, -0.15) is 0 Å². The molecule has 3 nitrogen and oxygen atoms in total. The summed E-state index contributed by atoms with van der Waals surface area (Å²) >= 11 is 5.89. The highest BCUT2D eigenvalue weighted by atomic mass is 35.5. The zero-order valence-electron chi connectivity index (χ0n) is 10.6. The fraction of sp³-hybridized carbons (Fsp3) is 0.429. The van der Waals surface area contributed by atoms with E-state index in [1.165, 1.54) is 0 Å². The van der Waals surface area contributed by atoms with Gasteiger partial charge in [0.15, 0.2) is 5.78 Å². The highest BCUT2D eigenvalue weighted by Gasteiger charge is 2.36. The molecule has 0 N–H and O–H groups in total. The number of hydrogen-bond acceptors (Lipinski definition) is 2. The summed E-state index contributed by atoms with van der Waals surface area (Å²) in [7, 11) is 0. The molecule has 0 radical (unpaired) electrons. The van der Waals surface area contributed by atoms with Crippen molar-refractivity contribution >= 4 is 23.3 Å². The van der Waals surface area contributed by atoms with Crippen LogP contribution >= 0.6 is 11.6 Å². The van der Waals surface area contributed by atoms with E-state index in [1.54, 1.807) is 29.2 Å². The molecule has 1 heterocycles. The lowest BCUT2D eigenvalue weighted by atomic mass is 9.89. The van der Waals surface area contributed by atoms with Crippen LogP contribution in [0.4, 0.5) is 0 Å². The van der Waals surface area contributed by atoms with Crippen molar-refractivity contribution in [3.05, 3.63) is 34.9 Å². The normalized spacial score (nSPS) is 18.8. The first-order chi connectivity index (χ1) is 8.40. The first-order valence-corrected chi connectivity index (χ1v) is 6.37. The van der Waals surface area contributed by atoms with Crippen molar-refractivity contribution in [3.8, 4) is 0 Å². The summed E-state index contributed by atoms with van der Waals surface area (Å²) in [4.78, 5) is 25.6. The second kappa shape index (κ2) is 4.73. The van der Waals surface area contributed by atoms with Crippen LogP contribution in [-0.4, -0.2) is 28.7 Å². The number of carbonyl (C=O) groups excluding carboxylic acids is 2. The number of rotatable bonds is 1. The molecule has 0 aliphatic carbocycles. The molecular weight excluding hydrogens is 250 g/mol. The van der Waals surface area contributed by atoms with Crippen LogP contribution in [0.25, 0.3) is 0 Å². The van der Waals surface area contributed by atoms with E-state index in [4.69, 9.17) is 11.6 Å². The van der Waals surface area contributed by atoms with Crippen LogP contribution in [0.3, 0.4) is 0 Å². The van der Waals surface area contributed by atoms with Gasteiger partial charge in [-0.05, 0) is 38.5 Å². The van der Waals surface area contributed by atoms with E-state index >= 15 is 0 Å². The number of likely N-dealkylation sites (tertiary alicyclic amines) is 1. The number of nitrogens with zero attached hydrogens (tertiary/aromatic N) is 1. The summed E-state index contributed by atoms with van der Waals surface area (Å²) < 4.78 is 0. The van der Waals surface area contributed by atoms with Crippen molar-refractivity contribution in [2.75, 3.05) is 6.54 Å². The third kappa shape index (κ3) is 2.56. The zero-order valence-corrected chi connectivity index (χ0v) is 11.3. The molecule has 1 aromatic carbocycles. The number of carbonyl (C=O) groups is 2. The van der Waals surface area contributed by atoms with Crippen molar-refractivity contribution in [2.24, 2.45) is 0 Å². The maximum atomic E-state index is 12.4. The molecule has 0 bridgehead atoms. The van der Waals surface area contributed by atoms with Crippen molar-refractivity contribution in [3.63, 3.8) is 0 Å². The van der Waals surface area contributed by atoms with Gasteiger partial charge in [0.05, 0.1) is 6.54 Å². The Morgan fingerprint density at radius 2 is 2.11 bits per heavy atom. The predicted octanol–water partition coefficient (Wildman–Crippen LogP) is 2.92. The van der Waals surface area contributed by atoms with E-state index in [1.807, 2.05) is 13.8 Å². The highest BCUT2D eigenvalue weighted by Crippen LogP contribution is 2.27. The van der Waals surface area contributed by atoms with Gasteiger partial charge in [0.25, 0.3) is 5.91 Å². The fourth-order valence-corrected chi connectivity index (χ4v) is 2.36. The Hall–Kier alpha value is -1.35. The largest absolute Gasteiger partial charge is 0.326 e. The number of amides is 1. The van der Waals surface area contributed by atoms with E-state index in [2.05, 4.69) is 0 Å². The van der Waals surface area contributed by atoms with Gasteiger partial charge in [-0.25, -0.2) is 0 Å². The quantitative estimate of drug-likeness (QED) is 0.783. The average Bonchev–Trinajstić information content (AvgIpc) is 2.31. The minimum absolute atomic E-state index is 0.115. The first kappa shape index (κ1) is 13.1. The third-order valence-corrected chi connectivity index (χ3v) is 3.63. The molecule has 1 amide bonds. The molecule has 1 fully saturated rings.